The number of ether oxygens (including phenoxy) is 1. The standard InChI is InChI=1S/C25H29FN6O3S/c1-15(17-10-18(26)12-27-11-17)28-25-30-20-6-9-36-23(20)22(31-25)24(34)32-13-19(14-32)29-21(33)3-2-16-4-7-35-8-5-16/h6,9-12,15-16,19H,2-5,7-8,13-14H2,1H3,(H,29,33)(H,28,30,31). The van der Waals surface area contributed by atoms with E-state index in [2.05, 4.69) is 25.6 Å². The zero-order valence-electron chi connectivity index (χ0n) is 20.1. The average molecular weight is 513 g/mol. The quantitative estimate of drug-likeness (QED) is 0.475. The topological polar surface area (TPSA) is 109 Å². The number of rotatable bonds is 8. The number of thiophene rings is 1. The first-order chi connectivity index (χ1) is 17.5. The molecule has 1 unspecified atom stereocenters. The Morgan fingerprint density at radius 3 is 2.83 bits per heavy atom. The smallest absolute Gasteiger partial charge is 0.274 e. The van der Waals surface area contributed by atoms with Crippen molar-refractivity contribution >= 4 is 39.3 Å². The van der Waals surface area contributed by atoms with Crippen LogP contribution < -0.4 is 10.6 Å². The highest BCUT2D eigenvalue weighted by atomic mass is 32.1. The van der Waals surface area contributed by atoms with Crippen LogP contribution in [0.2, 0.25) is 0 Å². The summed E-state index contributed by atoms with van der Waals surface area (Å²) in [6.07, 6.45) is 6.14. The fourth-order valence-electron chi connectivity index (χ4n) is 4.57. The minimum atomic E-state index is -0.422. The zero-order valence-corrected chi connectivity index (χ0v) is 20.9. The molecule has 2 N–H and O–H groups in total. The van der Waals surface area contributed by atoms with Gasteiger partial charge in [-0.25, -0.2) is 14.4 Å². The van der Waals surface area contributed by atoms with Gasteiger partial charge < -0.3 is 20.3 Å². The Balaban J connectivity index is 1.19. The number of anilines is 1. The average Bonchev–Trinajstić information content (AvgIpc) is 3.33. The Hall–Kier alpha value is -3.18. The number of hydrogen-bond acceptors (Lipinski definition) is 8. The Morgan fingerprint density at radius 2 is 2.06 bits per heavy atom. The molecule has 190 valence electrons. The first kappa shape index (κ1) is 24.5. The first-order valence-electron chi connectivity index (χ1n) is 12.2. The van der Waals surface area contributed by atoms with E-state index in [0.29, 0.717) is 48.2 Å². The van der Waals surface area contributed by atoms with Gasteiger partial charge in [-0.2, -0.15) is 0 Å². The number of aromatic nitrogens is 3. The lowest BCUT2D eigenvalue weighted by Crippen LogP contribution is -2.61. The van der Waals surface area contributed by atoms with Gasteiger partial charge in [-0.15, -0.1) is 11.3 Å². The highest BCUT2D eigenvalue weighted by Gasteiger charge is 2.34. The predicted molar refractivity (Wildman–Crippen MR) is 134 cm³/mol. The maximum Gasteiger partial charge on any atom is 0.274 e. The molecule has 11 heteroatoms. The van der Waals surface area contributed by atoms with Crippen molar-refractivity contribution in [3.8, 4) is 0 Å². The van der Waals surface area contributed by atoms with Crippen LogP contribution in [0.25, 0.3) is 10.2 Å². The predicted octanol–water partition coefficient (Wildman–Crippen LogP) is 3.55. The van der Waals surface area contributed by atoms with Crippen molar-refractivity contribution < 1.29 is 18.7 Å². The minimum Gasteiger partial charge on any atom is -0.381 e. The van der Waals surface area contributed by atoms with Gasteiger partial charge in [-0.05, 0) is 55.2 Å². The number of hydrogen-bond donors (Lipinski definition) is 2. The maximum atomic E-state index is 13.6. The van der Waals surface area contributed by atoms with Crippen LogP contribution in [0, 0.1) is 11.7 Å². The molecule has 0 radical (unpaired) electrons. The van der Waals surface area contributed by atoms with Crippen LogP contribution in [0.5, 0.6) is 0 Å². The molecule has 0 saturated carbocycles. The molecule has 1 atom stereocenters. The largest absolute Gasteiger partial charge is 0.381 e. The van der Waals surface area contributed by atoms with Gasteiger partial charge in [-0.1, -0.05) is 0 Å². The monoisotopic (exact) mass is 512 g/mol. The molecule has 0 aliphatic carbocycles. The van der Waals surface area contributed by atoms with Crippen LogP contribution in [-0.2, 0) is 9.53 Å². The third kappa shape index (κ3) is 5.62. The normalized spacial score (nSPS) is 17.6. The molecule has 2 fully saturated rings. The van der Waals surface area contributed by atoms with E-state index in [-0.39, 0.29) is 23.9 Å². The second-order valence-electron chi connectivity index (χ2n) is 9.40. The molecule has 0 aromatic carbocycles. The lowest BCUT2D eigenvalue weighted by Gasteiger charge is -2.39. The molecule has 9 nitrogen and oxygen atoms in total. The molecule has 2 aliphatic heterocycles. The number of pyridine rings is 1. The highest BCUT2D eigenvalue weighted by molar-refractivity contribution is 7.17. The Labute approximate surface area is 212 Å². The van der Waals surface area contributed by atoms with E-state index in [1.807, 2.05) is 18.4 Å². The molecule has 2 amide bonds. The van der Waals surface area contributed by atoms with Crippen molar-refractivity contribution in [3.05, 3.63) is 47.0 Å². The number of amides is 2. The Kier molecular flexibility index (Phi) is 7.38. The van der Waals surface area contributed by atoms with Gasteiger partial charge in [0.2, 0.25) is 11.9 Å². The summed E-state index contributed by atoms with van der Waals surface area (Å²) in [6.45, 7) is 4.32. The van der Waals surface area contributed by atoms with Gasteiger partial charge in [0.05, 0.1) is 28.5 Å². The zero-order chi connectivity index (χ0) is 25.1. The molecule has 2 saturated heterocycles. The number of nitrogens with zero attached hydrogens (tertiary/aromatic N) is 4. The molecule has 0 bridgehead atoms. The summed E-state index contributed by atoms with van der Waals surface area (Å²) >= 11 is 1.41. The third-order valence-electron chi connectivity index (χ3n) is 6.73. The lowest BCUT2D eigenvalue weighted by molar-refractivity contribution is -0.123. The Morgan fingerprint density at radius 1 is 1.25 bits per heavy atom. The number of likely N-dealkylation sites (tertiary alicyclic amines) is 1. The fraction of sp³-hybridized carbons (Fsp3) is 0.480. The van der Waals surface area contributed by atoms with E-state index < -0.39 is 5.82 Å². The lowest BCUT2D eigenvalue weighted by atomic mass is 9.94. The molecule has 5 heterocycles. The molecule has 2 aliphatic rings. The molecule has 36 heavy (non-hydrogen) atoms. The van der Waals surface area contributed by atoms with Crippen LogP contribution in [0.3, 0.4) is 0 Å². The number of halogens is 1. The van der Waals surface area contributed by atoms with Crippen molar-refractivity contribution in [1.82, 2.24) is 25.2 Å². The van der Waals surface area contributed by atoms with Crippen molar-refractivity contribution in [2.75, 3.05) is 31.6 Å². The van der Waals surface area contributed by atoms with E-state index in [9.17, 15) is 14.0 Å². The third-order valence-corrected chi connectivity index (χ3v) is 7.64. The molecule has 0 spiro atoms. The summed E-state index contributed by atoms with van der Waals surface area (Å²) < 4.78 is 19.7. The Bertz CT molecular complexity index is 1240. The highest BCUT2D eigenvalue weighted by Crippen LogP contribution is 2.27. The van der Waals surface area contributed by atoms with Crippen LogP contribution in [0.1, 0.15) is 54.7 Å². The van der Waals surface area contributed by atoms with Crippen molar-refractivity contribution in [2.45, 2.75) is 44.7 Å². The number of nitrogens with one attached hydrogen (secondary N) is 2. The molecular weight excluding hydrogens is 483 g/mol. The van der Waals surface area contributed by atoms with Gasteiger partial charge in [0.15, 0.2) is 5.69 Å². The van der Waals surface area contributed by atoms with Crippen LogP contribution in [0.15, 0.2) is 29.9 Å². The van der Waals surface area contributed by atoms with Gasteiger partial charge in [0, 0.05) is 38.9 Å². The maximum absolute atomic E-state index is 13.6. The molecular formula is C25H29FN6O3S. The summed E-state index contributed by atoms with van der Waals surface area (Å²) in [6, 6.07) is 2.89. The van der Waals surface area contributed by atoms with Gasteiger partial charge in [-0.3, -0.25) is 14.6 Å². The molecule has 3 aromatic rings. The summed E-state index contributed by atoms with van der Waals surface area (Å²) in [4.78, 5) is 40.3. The van der Waals surface area contributed by atoms with Crippen molar-refractivity contribution in [3.63, 3.8) is 0 Å². The number of carbonyl (C=O) groups excluding carboxylic acids is 2. The van der Waals surface area contributed by atoms with Crippen LogP contribution in [-0.4, -0.2) is 64.0 Å². The van der Waals surface area contributed by atoms with E-state index >= 15 is 0 Å². The van der Waals surface area contributed by atoms with Gasteiger partial charge >= 0.3 is 0 Å². The van der Waals surface area contributed by atoms with Crippen molar-refractivity contribution in [1.29, 1.82) is 0 Å². The van der Waals surface area contributed by atoms with Crippen LogP contribution >= 0.6 is 11.3 Å². The van der Waals surface area contributed by atoms with Gasteiger partial charge in [0.25, 0.3) is 5.91 Å². The second-order valence-corrected chi connectivity index (χ2v) is 10.3. The summed E-state index contributed by atoms with van der Waals surface area (Å²) in [5, 5.41) is 8.07. The number of carbonyl (C=O) groups is 2. The van der Waals surface area contributed by atoms with E-state index in [0.717, 1.165) is 43.4 Å². The summed E-state index contributed by atoms with van der Waals surface area (Å²) in [5.41, 5.74) is 1.64. The van der Waals surface area contributed by atoms with E-state index in [1.165, 1.54) is 17.4 Å². The van der Waals surface area contributed by atoms with Gasteiger partial charge in [0.1, 0.15) is 5.82 Å². The summed E-state index contributed by atoms with van der Waals surface area (Å²) in [5.74, 6) is 0.264. The second kappa shape index (κ2) is 10.8. The first-order valence-corrected chi connectivity index (χ1v) is 13.1. The number of fused-ring (bicyclic) bond motifs is 1. The fourth-order valence-corrected chi connectivity index (χ4v) is 5.38. The minimum absolute atomic E-state index is 0.0357. The van der Waals surface area contributed by atoms with E-state index in [4.69, 9.17) is 4.74 Å². The van der Waals surface area contributed by atoms with E-state index in [1.54, 1.807) is 11.1 Å². The van der Waals surface area contributed by atoms with Crippen molar-refractivity contribution in [2.24, 2.45) is 5.92 Å². The van der Waals surface area contributed by atoms with Crippen LogP contribution in [0.4, 0.5) is 10.3 Å². The molecule has 5 rings (SSSR count). The SMILES string of the molecule is CC(Nc1nc(C(=O)N2CC(NC(=O)CCC3CCOCC3)C2)c2sccc2n1)c1cncc(F)c1. The molecule has 3 aromatic heterocycles. The summed E-state index contributed by atoms with van der Waals surface area (Å²) in [7, 11) is 0.